The van der Waals surface area contributed by atoms with Crippen LogP contribution in [0, 0.1) is 0 Å². The van der Waals surface area contributed by atoms with Gasteiger partial charge in [-0.25, -0.2) is 21.6 Å². The summed E-state index contributed by atoms with van der Waals surface area (Å²) in [6.45, 7) is 4.06. The number of sulfonamides is 1. The van der Waals surface area contributed by atoms with E-state index in [1.54, 1.807) is 12.1 Å². The number of nitrogens with one attached hydrogen (secondary N) is 4. The number of allylic oxidation sites excluding steroid dienone is 1. The maximum atomic E-state index is 14.6. The van der Waals surface area contributed by atoms with Gasteiger partial charge in [-0.1, -0.05) is 53.9 Å². The summed E-state index contributed by atoms with van der Waals surface area (Å²) < 4.78 is 85.7. The van der Waals surface area contributed by atoms with Crippen LogP contribution in [0.1, 0.15) is 60.9 Å². The number of rotatable bonds is 20. The number of ether oxygens (including phenoxy) is 1. The van der Waals surface area contributed by atoms with E-state index in [2.05, 4.69) is 33.0 Å². The van der Waals surface area contributed by atoms with Gasteiger partial charge in [0.1, 0.15) is 0 Å². The van der Waals surface area contributed by atoms with Crippen LogP contribution in [0.4, 0.5) is 20.2 Å². The summed E-state index contributed by atoms with van der Waals surface area (Å²) in [4.78, 5) is 14.7. The van der Waals surface area contributed by atoms with Crippen LogP contribution < -0.4 is 20.7 Å². The van der Waals surface area contributed by atoms with E-state index in [1.807, 2.05) is 47.2 Å². The summed E-state index contributed by atoms with van der Waals surface area (Å²) in [5, 5.41) is 10.6. The van der Waals surface area contributed by atoms with Gasteiger partial charge < -0.3 is 20.7 Å². The van der Waals surface area contributed by atoms with Crippen molar-refractivity contribution < 1.29 is 35.1 Å². The molecule has 2 unspecified atom stereocenters. The molecule has 0 saturated carbocycles. The molecule has 2 heterocycles. The molecule has 3 aliphatic rings. The number of sulfone groups is 1. The van der Waals surface area contributed by atoms with Crippen molar-refractivity contribution in [3.8, 4) is 0 Å². The number of carbonyl (C=O) groups excluding carboxylic acids is 1. The first kappa shape index (κ1) is 47.2. The molecule has 18 heteroatoms. The lowest BCUT2D eigenvalue weighted by molar-refractivity contribution is 0.0299. The van der Waals surface area contributed by atoms with Gasteiger partial charge in [0.2, 0.25) is 0 Å². The van der Waals surface area contributed by atoms with Gasteiger partial charge >= 0.3 is 4.71 Å². The number of likely N-dealkylation sites (tertiary alicyclic amines) is 1. The molecular weight excluding hydrogens is 912 g/mol. The molecule has 4 N–H and O–H groups in total. The molecule has 0 aromatic heterocycles. The second-order valence-corrected chi connectivity index (χ2v) is 21.8. The number of benzene rings is 4. The topological polar surface area (TPSA) is 146 Å². The highest BCUT2D eigenvalue weighted by Crippen LogP contribution is 2.39. The van der Waals surface area contributed by atoms with E-state index < -0.39 is 46.3 Å². The molecule has 2 bridgehead atoms. The second-order valence-electron chi connectivity index (χ2n) is 16.0. The second kappa shape index (κ2) is 21.0. The number of morpholine rings is 1. The summed E-state index contributed by atoms with van der Waals surface area (Å²) in [5.74, 6) is -0.560. The van der Waals surface area contributed by atoms with Crippen molar-refractivity contribution in [2.24, 2.45) is 0 Å². The van der Waals surface area contributed by atoms with Crippen LogP contribution in [-0.4, -0.2) is 95.6 Å². The zero-order chi connectivity index (χ0) is 44.6. The van der Waals surface area contributed by atoms with Crippen molar-refractivity contribution >= 4 is 77.7 Å². The van der Waals surface area contributed by atoms with Crippen molar-refractivity contribution in [1.82, 2.24) is 14.9 Å². The molecule has 4 aromatic carbocycles. The fourth-order valence-electron chi connectivity index (χ4n) is 8.19. The molecule has 2 fully saturated rings. The Bertz CT molecular complexity index is 2460. The number of nitrogens with zero attached hydrogens (tertiary/aromatic N) is 1. The number of anilines is 2. The van der Waals surface area contributed by atoms with E-state index in [9.17, 15) is 30.4 Å². The number of thioether (sulfide) groups is 1. The zero-order valence-corrected chi connectivity index (χ0v) is 38.5. The molecule has 7 rings (SSSR count). The Morgan fingerprint density at radius 1 is 0.921 bits per heavy atom. The largest absolute Gasteiger partial charge is 0.427 e. The number of hydrogen-bond acceptors (Lipinski definition) is 11. The number of carbonyl (C=O) groups is 1. The fraction of sp³-hybridized carbons (Fsp3) is 0.400. The van der Waals surface area contributed by atoms with Gasteiger partial charge in [0, 0.05) is 71.7 Å². The van der Waals surface area contributed by atoms with Crippen molar-refractivity contribution in [3.05, 3.63) is 119 Å². The van der Waals surface area contributed by atoms with Crippen LogP contribution in [0.15, 0.2) is 117 Å². The third-order valence-electron chi connectivity index (χ3n) is 11.6. The number of fused-ring (bicyclic) bond motifs is 2. The van der Waals surface area contributed by atoms with Gasteiger partial charge in [-0.3, -0.25) is 9.69 Å². The quantitative estimate of drug-likeness (QED) is 0.0383. The van der Waals surface area contributed by atoms with Crippen molar-refractivity contribution in [3.63, 3.8) is 0 Å². The highest BCUT2D eigenvalue weighted by molar-refractivity contribution is 7.99. The van der Waals surface area contributed by atoms with Gasteiger partial charge in [0.25, 0.3) is 25.8 Å². The lowest BCUT2D eigenvalue weighted by Crippen LogP contribution is -2.40. The van der Waals surface area contributed by atoms with E-state index in [0.29, 0.717) is 55.2 Å². The van der Waals surface area contributed by atoms with Crippen LogP contribution in [-0.2, 0) is 24.6 Å². The lowest BCUT2D eigenvalue weighted by Gasteiger charge is -2.29. The summed E-state index contributed by atoms with van der Waals surface area (Å²) in [6, 6.07) is 26.3. The molecule has 3 atom stereocenters. The Morgan fingerprint density at radius 2 is 1.67 bits per heavy atom. The molecule has 11 nitrogen and oxygen atoms in total. The lowest BCUT2D eigenvalue weighted by atomic mass is 9.96. The number of halogens is 4. The van der Waals surface area contributed by atoms with Gasteiger partial charge in [0.15, 0.2) is 0 Å². The Kier molecular flexibility index (Phi) is 15.8. The summed E-state index contributed by atoms with van der Waals surface area (Å²) in [6.07, 6.45) is 7.20. The average molecular weight is 963 g/mol. The number of alkyl halides is 3. The van der Waals surface area contributed by atoms with Crippen LogP contribution in [0.2, 0.25) is 5.02 Å². The molecule has 338 valence electrons. The van der Waals surface area contributed by atoms with E-state index in [4.69, 9.17) is 27.9 Å². The highest BCUT2D eigenvalue weighted by Gasteiger charge is 2.46. The van der Waals surface area contributed by atoms with Gasteiger partial charge in [-0.15, -0.1) is 11.8 Å². The average Bonchev–Trinajstić information content (AvgIpc) is 3.82. The fourth-order valence-corrected chi connectivity index (χ4v) is 11.6. The predicted molar refractivity (Wildman–Crippen MR) is 247 cm³/mol. The SMILES string of the molecule is O=C(NS(=O)(=O)c1ccc(N[C@H](CCN2CC3CC2CO3)CSc2ccccc2)c(S(=O)(=O)C(F)(F)Cl)c1)c1ccc(NCCNCC2=C(c3ccc(Cl)cc3)CCCCC2)cc1. The molecular formula is C45H51Cl2F2N5O6S3. The minimum absolute atomic E-state index is 0.00671. The van der Waals surface area contributed by atoms with Crippen molar-refractivity contribution in [2.75, 3.05) is 55.7 Å². The van der Waals surface area contributed by atoms with Crippen LogP contribution >= 0.6 is 35.0 Å². The molecule has 0 spiro atoms. The van der Waals surface area contributed by atoms with E-state index in [1.165, 1.54) is 47.0 Å². The van der Waals surface area contributed by atoms with Crippen molar-refractivity contribution in [2.45, 2.75) is 82.5 Å². The molecule has 1 aliphatic carbocycles. The van der Waals surface area contributed by atoms with E-state index in [0.717, 1.165) is 62.2 Å². The summed E-state index contributed by atoms with van der Waals surface area (Å²) in [7, 11) is -10.4. The first-order chi connectivity index (χ1) is 30.2. The molecule has 0 radical (unpaired) electrons. The number of amides is 1. The normalized spacial score (nSPS) is 18.9. The van der Waals surface area contributed by atoms with E-state index >= 15 is 0 Å². The van der Waals surface area contributed by atoms with Gasteiger partial charge in [-0.05, 0) is 128 Å². The predicted octanol–water partition coefficient (Wildman–Crippen LogP) is 8.88. The smallest absolute Gasteiger partial charge is 0.384 e. The molecule has 63 heavy (non-hydrogen) atoms. The molecule has 2 aliphatic heterocycles. The van der Waals surface area contributed by atoms with Gasteiger partial charge in [-0.2, -0.15) is 8.78 Å². The minimum Gasteiger partial charge on any atom is -0.384 e. The van der Waals surface area contributed by atoms with Crippen LogP contribution in [0.5, 0.6) is 0 Å². The summed E-state index contributed by atoms with van der Waals surface area (Å²) in [5.41, 5.74) is 4.45. The first-order valence-corrected chi connectivity index (χ1v) is 25.7. The first-order valence-electron chi connectivity index (χ1n) is 21.0. The monoisotopic (exact) mass is 961 g/mol. The maximum absolute atomic E-state index is 14.6. The van der Waals surface area contributed by atoms with Crippen molar-refractivity contribution in [1.29, 1.82) is 0 Å². The zero-order valence-electron chi connectivity index (χ0n) is 34.5. The Labute approximate surface area is 382 Å². The Morgan fingerprint density at radius 3 is 2.37 bits per heavy atom. The molecule has 4 aromatic rings. The third-order valence-corrected chi connectivity index (χ3v) is 16.4. The third kappa shape index (κ3) is 12.3. The summed E-state index contributed by atoms with van der Waals surface area (Å²) >= 11 is 12.8. The van der Waals surface area contributed by atoms with E-state index in [-0.39, 0.29) is 23.4 Å². The molecule has 1 amide bonds. The van der Waals surface area contributed by atoms with Gasteiger partial charge in [0.05, 0.1) is 28.2 Å². The maximum Gasteiger partial charge on any atom is 0.427 e. The Balaban J connectivity index is 0.988. The minimum atomic E-state index is -5.62. The highest BCUT2D eigenvalue weighted by atomic mass is 35.5. The standard InChI is InChI=1S/C45H51Cl2F2N5O6S3/c46-34-15-11-31(12-16-34)41-10-6-1-3-7-33(41)27-50-22-23-51-35-17-13-32(14-18-35)44(55)53-63(58,59)40-19-20-42(43(26-40)62(56,57)45(47,48)49)52-36(30-61-39-8-4-2-5-9-39)21-24-54-28-38-25-37(54)29-60-38/h2,4-5,8-9,11-20,26,36-38,50-52H,1,3,6-7,10,21-25,27-30H2,(H,53,55)/t36-,37?,38?/m1/s1. The van der Waals surface area contributed by atoms with Crippen LogP contribution in [0.25, 0.3) is 5.57 Å². The molecule has 2 saturated heterocycles. The number of hydrogen-bond donors (Lipinski definition) is 4. The Hall–Kier alpha value is -3.74. The van der Waals surface area contributed by atoms with Crippen LogP contribution in [0.3, 0.4) is 0 Å².